The number of carbonyl (C=O) groups excluding carboxylic acids is 1. The van der Waals surface area contributed by atoms with Crippen LogP contribution in [0.2, 0.25) is 0 Å². The van der Waals surface area contributed by atoms with Crippen molar-refractivity contribution in [2.75, 3.05) is 6.54 Å². The molecule has 0 heterocycles. The van der Waals surface area contributed by atoms with Crippen LogP contribution < -0.4 is 5.32 Å². The average Bonchev–Trinajstić information content (AvgIpc) is 2.14. The highest BCUT2D eigenvalue weighted by atomic mass is 19.4. The van der Waals surface area contributed by atoms with Gasteiger partial charge in [0.25, 0.3) is 5.91 Å². The first kappa shape index (κ1) is 16.1. The Morgan fingerprint density at radius 3 is 2.06 bits per heavy atom. The van der Waals surface area contributed by atoms with Gasteiger partial charge in [-0.05, 0) is 12.3 Å². The molecular formula is C10H16F5NO. The van der Waals surface area contributed by atoms with Crippen LogP contribution in [0, 0.1) is 5.92 Å². The quantitative estimate of drug-likeness (QED) is 0.577. The predicted molar refractivity (Wildman–Crippen MR) is 52.7 cm³/mol. The molecule has 0 aromatic carbocycles. The lowest BCUT2D eigenvalue weighted by molar-refractivity contribution is -0.269. The normalized spacial score (nSPS) is 12.9. The molecule has 2 nitrogen and oxygen atoms in total. The maximum absolute atomic E-state index is 12.4. The fraction of sp³-hybridized carbons (Fsp3) is 0.900. The van der Waals surface area contributed by atoms with Gasteiger partial charge in [-0.25, -0.2) is 0 Å². The van der Waals surface area contributed by atoms with Gasteiger partial charge in [0, 0.05) is 6.54 Å². The zero-order chi connectivity index (χ0) is 13.7. The van der Waals surface area contributed by atoms with Crippen LogP contribution in [0.1, 0.15) is 33.1 Å². The van der Waals surface area contributed by atoms with Crippen LogP contribution in [0.5, 0.6) is 0 Å². The summed E-state index contributed by atoms with van der Waals surface area (Å²) < 4.78 is 60.1. The first-order chi connectivity index (χ1) is 7.59. The molecular weight excluding hydrogens is 245 g/mol. The predicted octanol–water partition coefficient (Wildman–Crippen LogP) is 3.13. The molecule has 7 heteroatoms. The highest BCUT2D eigenvalue weighted by Gasteiger charge is 2.63. The lowest BCUT2D eigenvalue weighted by Crippen LogP contribution is -2.50. The Bertz CT molecular complexity index is 250. The summed E-state index contributed by atoms with van der Waals surface area (Å²) in [5.74, 6) is -7.16. The monoisotopic (exact) mass is 261 g/mol. The van der Waals surface area contributed by atoms with Gasteiger partial charge in [0.05, 0.1) is 0 Å². The second kappa shape index (κ2) is 6.16. The molecule has 0 atom stereocenters. The van der Waals surface area contributed by atoms with E-state index in [4.69, 9.17) is 0 Å². The van der Waals surface area contributed by atoms with Gasteiger partial charge in [-0.2, -0.15) is 22.0 Å². The molecule has 17 heavy (non-hydrogen) atoms. The van der Waals surface area contributed by atoms with E-state index in [1.54, 1.807) is 5.32 Å². The van der Waals surface area contributed by atoms with E-state index in [1.165, 1.54) is 0 Å². The van der Waals surface area contributed by atoms with Crippen LogP contribution in [-0.4, -0.2) is 24.6 Å². The second-order valence-corrected chi connectivity index (χ2v) is 4.22. The number of rotatable bonds is 6. The fourth-order valence-corrected chi connectivity index (χ4v) is 1.12. The molecule has 102 valence electrons. The Morgan fingerprint density at radius 2 is 1.65 bits per heavy atom. The van der Waals surface area contributed by atoms with Gasteiger partial charge >= 0.3 is 12.1 Å². The van der Waals surface area contributed by atoms with Crippen LogP contribution >= 0.6 is 0 Å². The highest BCUT2D eigenvalue weighted by molar-refractivity contribution is 5.84. The number of amides is 1. The van der Waals surface area contributed by atoms with Crippen LogP contribution in [0.4, 0.5) is 22.0 Å². The number of hydrogen-bond donors (Lipinski definition) is 1. The Labute approximate surface area is 96.6 Å². The molecule has 0 rings (SSSR count). The van der Waals surface area contributed by atoms with Gasteiger partial charge in [0.2, 0.25) is 0 Å². The van der Waals surface area contributed by atoms with Crippen molar-refractivity contribution in [3.05, 3.63) is 0 Å². The molecule has 0 saturated carbocycles. The van der Waals surface area contributed by atoms with Crippen LogP contribution in [0.15, 0.2) is 0 Å². The molecule has 0 unspecified atom stereocenters. The van der Waals surface area contributed by atoms with E-state index in [0.29, 0.717) is 18.8 Å². The maximum Gasteiger partial charge on any atom is 0.463 e. The van der Waals surface area contributed by atoms with Crippen LogP contribution in [-0.2, 0) is 4.79 Å². The van der Waals surface area contributed by atoms with Crippen molar-refractivity contribution in [3.8, 4) is 0 Å². The van der Waals surface area contributed by atoms with Gasteiger partial charge in [-0.3, -0.25) is 4.79 Å². The summed E-state index contributed by atoms with van der Waals surface area (Å²) in [6.07, 6.45) is -3.94. The topological polar surface area (TPSA) is 29.1 Å². The minimum absolute atomic E-state index is 0.169. The lowest BCUT2D eigenvalue weighted by atomic mass is 10.1. The third kappa shape index (κ3) is 5.32. The van der Waals surface area contributed by atoms with Crippen LogP contribution in [0.3, 0.4) is 0 Å². The largest absolute Gasteiger partial charge is 0.463 e. The summed E-state index contributed by atoms with van der Waals surface area (Å²) >= 11 is 0. The summed E-state index contributed by atoms with van der Waals surface area (Å²) in [7, 11) is 0. The van der Waals surface area contributed by atoms with E-state index in [0.717, 1.165) is 6.42 Å². The van der Waals surface area contributed by atoms with Crippen molar-refractivity contribution < 1.29 is 26.7 Å². The van der Waals surface area contributed by atoms with E-state index in [2.05, 4.69) is 0 Å². The number of halogens is 5. The van der Waals surface area contributed by atoms with Crippen molar-refractivity contribution in [3.63, 3.8) is 0 Å². The van der Waals surface area contributed by atoms with Crippen molar-refractivity contribution in [2.24, 2.45) is 5.92 Å². The molecule has 0 bridgehead atoms. The van der Waals surface area contributed by atoms with Crippen molar-refractivity contribution in [1.82, 2.24) is 5.32 Å². The summed E-state index contributed by atoms with van der Waals surface area (Å²) in [6.45, 7) is 3.77. The van der Waals surface area contributed by atoms with E-state index in [-0.39, 0.29) is 6.54 Å². The van der Waals surface area contributed by atoms with Gasteiger partial charge in [-0.1, -0.05) is 26.7 Å². The molecule has 0 spiro atoms. The summed E-state index contributed by atoms with van der Waals surface area (Å²) in [4.78, 5) is 10.6. The molecule has 1 amide bonds. The molecule has 1 N–H and O–H groups in total. The van der Waals surface area contributed by atoms with Crippen molar-refractivity contribution in [2.45, 2.75) is 45.2 Å². The number of alkyl halides is 5. The van der Waals surface area contributed by atoms with Crippen molar-refractivity contribution in [1.29, 1.82) is 0 Å². The number of unbranched alkanes of at least 4 members (excludes halogenated alkanes) is 1. The van der Waals surface area contributed by atoms with Gasteiger partial charge < -0.3 is 5.32 Å². The van der Waals surface area contributed by atoms with Gasteiger partial charge in [-0.15, -0.1) is 0 Å². The maximum atomic E-state index is 12.4. The number of hydrogen-bond acceptors (Lipinski definition) is 1. The molecule has 0 aliphatic carbocycles. The number of nitrogens with one attached hydrogen (secondary N) is 1. The van der Waals surface area contributed by atoms with Crippen molar-refractivity contribution >= 4 is 5.91 Å². The Balaban J connectivity index is 3.95. The van der Waals surface area contributed by atoms with E-state index >= 15 is 0 Å². The summed E-state index contributed by atoms with van der Waals surface area (Å²) in [5.41, 5.74) is 0. The third-order valence-corrected chi connectivity index (χ3v) is 2.14. The minimum Gasteiger partial charge on any atom is -0.351 e. The average molecular weight is 261 g/mol. The number of carbonyl (C=O) groups is 1. The fourth-order valence-electron chi connectivity index (χ4n) is 1.12. The second-order valence-electron chi connectivity index (χ2n) is 4.22. The third-order valence-electron chi connectivity index (χ3n) is 2.14. The molecule has 0 aromatic heterocycles. The lowest BCUT2D eigenvalue weighted by Gasteiger charge is -2.18. The molecule has 0 aromatic rings. The highest BCUT2D eigenvalue weighted by Crippen LogP contribution is 2.35. The first-order valence-corrected chi connectivity index (χ1v) is 5.32. The zero-order valence-electron chi connectivity index (χ0n) is 9.70. The van der Waals surface area contributed by atoms with E-state index < -0.39 is 18.0 Å². The van der Waals surface area contributed by atoms with E-state index in [9.17, 15) is 26.7 Å². The molecule has 0 saturated heterocycles. The molecule has 0 radical (unpaired) electrons. The first-order valence-electron chi connectivity index (χ1n) is 5.32. The standard InChI is InChI=1S/C10H16F5NO/c1-7(2)5-3-4-6-16-8(17)9(11,12)10(13,14)15/h7H,3-6H2,1-2H3,(H,16,17). The summed E-state index contributed by atoms with van der Waals surface area (Å²) in [5, 5.41) is 1.59. The smallest absolute Gasteiger partial charge is 0.351 e. The van der Waals surface area contributed by atoms with Crippen LogP contribution in [0.25, 0.3) is 0 Å². The Hall–Kier alpha value is -0.880. The SMILES string of the molecule is CC(C)CCCCNC(=O)C(F)(F)C(F)(F)F. The Kier molecular flexibility index (Phi) is 5.84. The zero-order valence-corrected chi connectivity index (χ0v) is 9.70. The Morgan fingerprint density at radius 1 is 1.12 bits per heavy atom. The molecule has 0 aliphatic rings. The minimum atomic E-state index is -5.84. The van der Waals surface area contributed by atoms with Gasteiger partial charge in [0.15, 0.2) is 0 Å². The van der Waals surface area contributed by atoms with E-state index in [1.807, 2.05) is 13.8 Å². The van der Waals surface area contributed by atoms with Gasteiger partial charge in [0.1, 0.15) is 0 Å². The molecule has 0 aliphatic heterocycles. The molecule has 0 fully saturated rings. The summed E-state index contributed by atoms with van der Waals surface area (Å²) in [6, 6.07) is 0.